The van der Waals surface area contributed by atoms with Gasteiger partial charge in [0.1, 0.15) is 0 Å². The van der Waals surface area contributed by atoms with Gasteiger partial charge in [-0.15, -0.1) is 0 Å². The Morgan fingerprint density at radius 2 is 2.36 bits per heavy atom. The minimum absolute atomic E-state index is 0.0422. The molecule has 0 aromatic rings. The molecule has 0 N–H and O–H groups in total. The Bertz CT molecular complexity index is 225. The molecule has 0 unspecified atom stereocenters. The molecule has 1 aliphatic carbocycles. The van der Waals surface area contributed by atoms with Crippen molar-refractivity contribution in [2.75, 3.05) is 14.2 Å². The van der Waals surface area contributed by atoms with Crippen LogP contribution in [0.5, 0.6) is 0 Å². The van der Waals surface area contributed by atoms with Crippen molar-refractivity contribution in [2.45, 2.75) is 32.1 Å². The van der Waals surface area contributed by atoms with E-state index in [-0.39, 0.29) is 5.91 Å². The van der Waals surface area contributed by atoms with Gasteiger partial charge in [-0.1, -0.05) is 18.6 Å². The first-order chi connectivity index (χ1) is 6.65. The molecular formula is C11H19NO2. The van der Waals surface area contributed by atoms with Crippen molar-refractivity contribution in [1.82, 2.24) is 5.06 Å². The first kappa shape index (κ1) is 11.2. The van der Waals surface area contributed by atoms with Gasteiger partial charge in [0.25, 0.3) is 0 Å². The Morgan fingerprint density at radius 1 is 1.64 bits per heavy atom. The van der Waals surface area contributed by atoms with Gasteiger partial charge in [0.2, 0.25) is 5.91 Å². The Kier molecular flexibility index (Phi) is 4.14. The van der Waals surface area contributed by atoms with Crippen molar-refractivity contribution in [1.29, 1.82) is 0 Å². The second-order valence-corrected chi connectivity index (χ2v) is 3.88. The van der Waals surface area contributed by atoms with Crippen molar-refractivity contribution in [2.24, 2.45) is 5.92 Å². The van der Waals surface area contributed by atoms with Crippen LogP contribution >= 0.6 is 0 Å². The summed E-state index contributed by atoms with van der Waals surface area (Å²) in [6.45, 7) is 4.02. The van der Waals surface area contributed by atoms with Crippen LogP contribution in [0.15, 0.2) is 12.2 Å². The zero-order chi connectivity index (χ0) is 10.6. The Hall–Kier alpha value is -0.830. The molecule has 1 rings (SSSR count). The molecule has 0 spiro atoms. The fourth-order valence-corrected chi connectivity index (χ4v) is 1.84. The molecule has 0 heterocycles. The smallest absolute Gasteiger partial charge is 0.246 e. The number of allylic oxidation sites excluding steroid dienone is 1. The lowest BCUT2D eigenvalue weighted by Crippen LogP contribution is -2.28. The van der Waals surface area contributed by atoms with Gasteiger partial charge < -0.3 is 0 Å². The number of carbonyl (C=O) groups is 1. The van der Waals surface area contributed by atoms with E-state index in [4.69, 9.17) is 4.84 Å². The molecule has 0 radical (unpaired) electrons. The van der Waals surface area contributed by atoms with Crippen LogP contribution in [0.3, 0.4) is 0 Å². The Labute approximate surface area is 85.7 Å². The lowest BCUT2D eigenvalue weighted by molar-refractivity contribution is -0.169. The third kappa shape index (κ3) is 2.84. The molecule has 1 saturated carbocycles. The summed E-state index contributed by atoms with van der Waals surface area (Å²) in [4.78, 5) is 16.4. The molecular weight excluding hydrogens is 178 g/mol. The third-order valence-electron chi connectivity index (χ3n) is 2.92. The number of carbonyl (C=O) groups excluding carboxylic acids is 1. The van der Waals surface area contributed by atoms with Crippen LogP contribution in [-0.2, 0) is 9.63 Å². The fourth-order valence-electron chi connectivity index (χ4n) is 1.84. The topological polar surface area (TPSA) is 29.5 Å². The summed E-state index contributed by atoms with van der Waals surface area (Å²) in [7, 11) is 3.15. The summed E-state index contributed by atoms with van der Waals surface area (Å²) in [5.74, 6) is 0.411. The standard InChI is InChI=1S/C11H19NO2/c1-9-6-4-5-7-10(9)8-11(13)12(2)14-3/h10H,1,4-8H2,2-3H3/t10-/m1/s1. The van der Waals surface area contributed by atoms with Crippen molar-refractivity contribution in [3.05, 3.63) is 12.2 Å². The van der Waals surface area contributed by atoms with E-state index in [0.717, 1.165) is 12.8 Å². The van der Waals surface area contributed by atoms with Crippen LogP contribution in [0.4, 0.5) is 0 Å². The van der Waals surface area contributed by atoms with Gasteiger partial charge in [-0.2, -0.15) is 0 Å². The molecule has 3 heteroatoms. The zero-order valence-corrected chi connectivity index (χ0v) is 9.08. The van der Waals surface area contributed by atoms with E-state index in [2.05, 4.69) is 6.58 Å². The maximum Gasteiger partial charge on any atom is 0.246 e. The Morgan fingerprint density at radius 3 is 2.93 bits per heavy atom. The van der Waals surface area contributed by atoms with Crippen molar-refractivity contribution >= 4 is 5.91 Å². The van der Waals surface area contributed by atoms with Crippen LogP contribution in [-0.4, -0.2) is 25.1 Å². The molecule has 3 nitrogen and oxygen atoms in total. The van der Waals surface area contributed by atoms with Gasteiger partial charge in [0, 0.05) is 13.5 Å². The molecule has 1 fully saturated rings. The molecule has 80 valence electrons. The third-order valence-corrected chi connectivity index (χ3v) is 2.92. The highest BCUT2D eigenvalue weighted by atomic mass is 16.7. The second-order valence-electron chi connectivity index (χ2n) is 3.88. The summed E-state index contributed by atoms with van der Waals surface area (Å²) in [6.07, 6.45) is 5.16. The van der Waals surface area contributed by atoms with E-state index in [9.17, 15) is 4.79 Å². The summed E-state index contributed by atoms with van der Waals surface area (Å²) in [5.41, 5.74) is 1.23. The maximum atomic E-state index is 11.5. The lowest BCUT2D eigenvalue weighted by atomic mass is 9.83. The lowest BCUT2D eigenvalue weighted by Gasteiger charge is -2.25. The first-order valence-electron chi connectivity index (χ1n) is 5.13. The van der Waals surface area contributed by atoms with Gasteiger partial charge in [-0.25, -0.2) is 5.06 Å². The molecule has 1 amide bonds. The molecule has 0 bridgehead atoms. The summed E-state index contributed by atoms with van der Waals surface area (Å²) in [5, 5.41) is 1.29. The average Bonchev–Trinajstić information content (AvgIpc) is 2.20. The molecule has 0 aromatic heterocycles. The van der Waals surface area contributed by atoms with Crippen molar-refractivity contribution in [3.8, 4) is 0 Å². The molecule has 0 aromatic carbocycles. The second kappa shape index (κ2) is 5.15. The van der Waals surface area contributed by atoms with Crippen LogP contribution in [0.2, 0.25) is 0 Å². The van der Waals surface area contributed by atoms with Gasteiger partial charge in [0.05, 0.1) is 7.11 Å². The van der Waals surface area contributed by atoms with Crippen LogP contribution in [0.25, 0.3) is 0 Å². The molecule has 1 aliphatic rings. The van der Waals surface area contributed by atoms with E-state index >= 15 is 0 Å². The molecule has 1 atom stereocenters. The van der Waals surface area contributed by atoms with E-state index < -0.39 is 0 Å². The average molecular weight is 197 g/mol. The largest absolute Gasteiger partial charge is 0.275 e. The first-order valence-corrected chi connectivity index (χ1v) is 5.13. The predicted octanol–water partition coefficient (Wildman–Crippen LogP) is 2.14. The highest BCUT2D eigenvalue weighted by Crippen LogP contribution is 2.30. The highest BCUT2D eigenvalue weighted by molar-refractivity contribution is 5.75. The van der Waals surface area contributed by atoms with E-state index in [1.807, 2.05) is 0 Å². The zero-order valence-electron chi connectivity index (χ0n) is 9.08. The number of hydrogen-bond acceptors (Lipinski definition) is 2. The maximum absolute atomic E-state index is 11.5. The number of hydrogen-bond donors (Lipinski definition) is 0. The number of rotatable bonds is 3. The molecule has 0 saturated heterocycles. The number of nitrogens with zero attached hydrogens (tertiary/aromatic N) is 1. The van der Waals surface area contributed by atoms with Crippen molar-refractivity contribution in [3.63, 3.8) is 0 Å². The van der Waals surface area contributed by atoms with Gasteiger partial charge >= 0.3 is 0 Å². The van der Waals surface area contributed by atoms with E-state index in [1.165, 1.54) is 30.6 Å². The normalized spacial score (nSPS) is 22.1. The monoisotopic (exact) mass is 197 g/mol. The van der Waals surface area contributed by atoms with Crippen molar-refractivity contribution < 1.29 is 9.63 Å². The summed E-state index contributed by atoms with van der Waals surface area (Å²) < 4.78 is 0. The van der Waals surface area contributed by atoms with Gasteiger partial charge in [-0.3, -0.25) is 9.63 Å². The summed E-state index contributed by atoms with van der Waals surface area (Å²) in [6, 6.07) is 0. The SMILES string of the molecule is C=C1CCCC[C@@H]1CC(=O)N(C)OC. The fraction of sp³-hybridized carbons (Fsp3) is 0.727. The summed E-state index contributed by atoms with van der Waals surface area (Å²) >= 11 is 0. The van der Waals surface area contributed by atoms with Gasteiger partial charge in [0.15, 0.2) is 0 Å². The quantitative estimate of drug-likeness (QED) is 0.512. The molecule has 14 heavy (non-hydrogen) atoms. The van der Waals surface area contributed by atoms with Gasteiger partial charge in [-0.05, 0) is 25.2 Å². The Balaban J connectivity index is 2.42. The predicted molar refractivity (Wildman–Crippen MR) is 55.5 cm³/mol. The number of amides is 1. The van der Waals surface area contributed by atoms with Crippen LogP contribution in [0, 0.1) is 5.92 Å². The minimum atomic E-state index is 0.0422. The van der Waals surface area contributed by atoms with E-state index in [0.29, 0.717) is 12.3 Å². The number of hydroxylamine groups is 2. The van der Waals surface area contributed by atoms with Crippen LogP contribution < -0.4 is 0 Å². The van der Waals surface area contributed by atoms with E-state index in [1.54, 1.807) is 7.05 Å². The van der Waals surface area contributed by atoms with Crippen LogP contribution in [0.1, 0.15) is 32.1 Å². The molecule has 0 aliphatic heterocycles. The highest BCUT2D eigenvalue weighted by Gasteiger charge is 2.21. The minimum Gasteiger partial charge on any atom is -0.275 e.